The van der Waals surface area contributed by atoms with Crippen LogP contribution < -0.4 is 0 Å². The number of hydrogen-bond donors (Lipinski definition) is 0. The molecule has 0 N–H and O–H groups in total. The Balaban J connectivity index is 2.01. The third kappa shape index (κ3) is 1.05. The van der Waals surface area contributed by atoms with E-state index in [1.165, 1.54) is 19.3 Å². The SMILES string of the molecule is CCC1(C)C2(C)CC(C)(C3C2C2(C)C=CC3(C)C2)C1(C)C. The summed E-state index contributed by atoms with van der Waals surface area (Å²) >= 11 is 0. The van der Waals surface area contributed by atoms with Crippen molar-refractivity contribution in [1.82, 2.24) is 0 Å². The Hall–Kier alpha value is -0.260. The van der Waals surface area contributed by atoms with E-state index in [1.807, 2.05) is 0 Å². The molecular formula is C21H34. The minimum atomic E-state index is 0.433. The van der Waals surface area contributed by atoms with Gasteiger partial charge in [0.2, 0.25) is 0 Å². The van der Waals surface area contributed by atoms with Crippen LogP contribution in [0, 0.1) is 44.3 Å². The topological polar surface area (TPSA) is 0 Å². The summed E-state index contributed by atoms with van der Waals surface area (Å²) in [5.41, 5.74) is 2.81. The standard InChI is InChI=1S/C21H34/c1-9-21(8)16(2,3)19(6)13-20(21,7)15-14(19)17(4)10-11-18(15,5)12-17/h10-11,14-15H,9,12-13H2,1-8H3. The third-order valence-electron chi connectivity index (χ3n) is 10.2. The molecule has 0 spiro atoms. The summed E-state index contributed by atoms with van der Waals surface area (Å²) in [6.45, 7) is 20.7. The lowest BCUT2D eigenvalue weighted by Gasteiger charge is -2.63. The summed E-state index contributed by atoms with van der Waals surface area (Å²) in [5.74, 6) is 1.78. The fourth-order valence-electron chi connectivity index (χ4n) is 9.02. The summed E-state index contributed by atoms with van der Waals surface area (Å²) in [4.78, 5) is 0. The lowest BCUT2D eigenvalue weighted by Crippen LogP contribution is -2.58. The van der Waals surface area contributed by atoms with Crippen molar-refractivity contribution in [2.45, 2.75) is 74.7 Å². The first-order valence-electron chi connectivity index (χ1n) is 9.12. The van der Waals surface area contributed by atoms with Crippen LogP contribution >= 0.6 is 0 Å². The number of rotatable bonds is 1. The van der Waals surface area contributed by atoms with Gasteiger partial charge in [-0.1, -0.05) is 67.5 Å². The molecule has 0 radical (unpaired) electrons. The van der Waals surface area contributed by atoms with Crippen molar-refractivity contribution in [1.29, 1.82) is 0 Å². The summed E-state index contributed by atoms with van der Waals surface area (Å²) < 4.78 is 0. The molecule has 0 aromatic carbocycles. The maximum Gasteiger partial charge on any atom is -0.0101 e. The zero-order valence-electron chi connectivity index (χ0n) is 15.4. The summed E-state index contributed by atoms with van der Waals surface area (Å²) in [6.07, 6.45) is 9.37. The average Bonchev–Trinajstić information content (AvgIpc) is 2.95. The molecule has 0 heterocycles. The molecule has 0 aromatic rings. The molecule has 7 atom stereocenters. The van der Waals surface area contributed by atoms with Gasteiger partial charge in [0, 0.05) is 0 Å². The van der Waals surface area contributed by atoms with E-state index < -0.39 is 0 Å². The predicted molar refractivity (Wildman–Crippen MR) is 90.0 cm³/mol. The van der Waals surface area contributed by atoms with Crippen molar-refractivity contribution in [3.63, 3.8) is 0 Å². The molecule has 0 aromatic heterocycles. The van der Waals surface area contributed by atoms with Crippen LogP contribution in [0.1, 0.15) is 74.7 Å². The third-order valence-corrected chi connectivity index (χ3v) is 10.2. The molecule has 3 saturated carbocycles. The van der Waals surface area contributed by atoms with Crippen molar-refractivity contribution in [3.05, 3.63) is 12.2 Å². The lowest BCUT2D eigenvalue weighted by atomic mass is 9.41. The fraction of sp³-hybridized carbons (Fsp3) is 0.905. The van der Waals surface area contributed by atoms with Crippen molar-refractivity contribution < 1.29 is 0 Å². The van der Waals surface area contributed by atoms with E-state index in [1.54, 1.807) is 0 Å². The van der Waals surface area contributed by atoms with Crippen molar-refractivity contribution >= 4 is 0 Å². The molecule has 4 rings (SSSR count). The molecule has 0 saturated heterocycles. The van der Waals surface area contributed by atoms with Crippen molar-refractivity contribution in [2.75, 3.05) is 0 Å². The molecular weight excluding hydrogens is 252 g/mol. The number of allylic oxidation sites excluding steroid dienone is 2. The minimum Gasteiger partial charge on any atom is -0.0817 e. The Morgan fingerprint density at radius 2 is 1.24 bits per heavy atom. The van der Waals surface area contributed by atoms with E-state index in [0.29, 0.717) is 32.5 Å². The molecule has 0 heteroatoms. The highest BCUT2D eigenvalue weighted by atomic mass is 14.9. The summed E-state index contributed by atoms with van der Waals surface area (Å²) in [7, 11) is 0. The molecule has 4 aliphatic carbocycles. The van der Waals surface area contributed by atoms with Crippen LogP contribution in [0.2, 0.25) is 0 Å². The second kappa shape index (κ2) is 3.17. The first-order valence-corrected chi connectivity index (χ1v) is 9.12. The zero-order valence-corrected chi connectivity index (χ0v) is 15.4. The van der Waals surface area contributed by atoms with E-state index in [-0.39, 0.29) is 0 Å². The second-order valence-electron chi connectivity index (χ2n) is 10.8. The summed E-state index contributed by atoms with van der Waals surface area (Å²) in [5, 5.41) is 0. The zero-order chi connectivity index (χ0) is 15.7. The normalized spacial score (nSPS) is 66.1. The minimum absolute atomic E-state index is 0.433. The molecule has 0 aliphatic heterocycles. The van der Waals surface area contributed by atoms with E-state index in [4.69, 9.17) is 0 Å². The first kappa shape index (κ1) is 14.3. The molecule has 7 unspecified atom stereocenters. The molecule has 0 amide bonds. The highest BCUT2D eigenvalue weighted by molar-refractivity contribution is 5.38. The summed E-state index contributed by atoms with van der Waals surface area (Å²) in [6, 6.07) is 0. The van der Waals surface area contributed by atoms with Crippen LogP contribution in [-0.4, -0.2) is 0 Å². The van der Waals surface area contributed by atoms with Gasteiger partial charge in [-0.25, -0.2) is 0 Å². The number of hydrogen-bond acceptors (Lipinski definition) is 0. The van der Waals surface area contributed by atoms with Crippen LogP contribution in [0.4, 0.5) is 0 Å². The van der Waals surface area contributed by atoms with Gasteiger partial charge < -0.3 is 0 Å². The fourth-order valence-corrected chi connectivity index (χ4v) is 9.02. The quantitative estimate of drug-likeness (QED) is 0.405. The largest absolute Gasteiger partial charge is 0.0817 e. The van der Waals surface area contributed by atoms with Crippen LogP contribution in [-0.2, 0) is 0 Å². The molecule has 4 bridgehead atoms. The van der Waals surface area contributed by atoms with Crippen molar-refractivity contribution in [2.24, 2.45) is 44.3 Å². The van der Waals surface area contributed by atoms with E-state index in [0.717, 1.165) is 11.8 Å². The van der Waals surface area contributed by atoms with E-state index in [2.05, 4.69) is 67.5 Å². The number of fused-ring (bicyclic) bond motifs is 9. The maximum absolute atomic E-state index is 2.66. The highest BCUT2D eigenvalue weighted by Gasteiger charge is 2.84. The maximum atomic E-state index is 2.66. The highest BCUT2D eigenvalue weighted by Crippen LogP contribution is 2.90. The van der Waals surface area contributed by atoms with Gasteiger partial charge >= 0.3 is 0 Å². The van der Waals surface area contributed by atoms with Gasteiger partial charge in [0.25, 0.3) is 0 Å². The Labute approximate surface area is 131 Å². The monoisotopic (exact) mass is 286 g/mol. The molecule has 118 valence electrons. The van der Waals surface area contributed by atoms with Crippen LogP contribution in [0.5, 0.6) is 0 Å². The Kier molecular flexibility index (Phi) is 2.17. The van der Waals surface area contributed by atoms with Gasteiger partial charge in [-0.05, 0) is 63.6 Å². The van der Waals surface area contributed by atoms with Gasteiger partial charge in [0.15, 0.2) is 0 Å². The molecule has 21 heavy (non-hydrogen) atoms. The Bertz CT molecular complexity index is 556. The Morgan fingerprint density at radius 3 is 1.71 bits per heavy atom. The van der Waals surface area contributed by atoms with Gasteiger partial charge in [-0.2, -0.15) is 0 Å². The predicted octanol–water partition coefficient (Wildman–Crippen LogP) is 6.08. The Morgan fingerprint density at radius 1 is 0.762 bits per heavy atom. The van der Waals surface area contributed by atoms with E-state index in [9.17, 15) is 0 Å². The van der Waals surface area contributed by atoms with Gasteiger partial charge in [-0.15, -0.1) is 0 Å². The second-order valence-corrected chi connectivity index (χ2v) is 10.8. The first-order chi connectivity index (χ1) is 9.42. The van der Waals surface area contributed by atoms with Gasteiger partial charge in [-0.3, -0.25) is 0 Å². The van der Waals surface area contributed by atoms with Gasteiger partial charge in [0.1, 0.15) is 0 Å². The molecule has 3 fully saturated rings. The lowest BCUT2D eigenvalue weighted by molar-refractivity contribution is -0.149. The van der Waals surface area contributed by atoms with Crippen molar-refractivity contribution in [3.8, 4) is 0 Å². The average molecular weight is 287 g/mol. The van der Waals surface area contributed by atoms with Gasteiger partial charge in [0.05, 0.1) is 0 Å². The van der Waals surface area contributed by atoms with Crippen LogP contribution in [0.25, 0.3) is 0 Å². The molecule has 0 nitrogen and oxygen atoms in total. The van der Waals surface area contributed by atoms with Crippen LogP contribution in [0.15, 0.2) is 12.2 Å². The van der Waals surface area contributed by atoms with E-state index >= 15 is 0 Å². The smallest absolute Gasteiger partial charge is 0.0101 e. The van der Waals surface area contributed by atoms with Crippen LogP contribution in [0.3, 0.4) is 0 Å². The molecule has 4 aliphatic rings.